The fraction of sp³-hybridized carbons (Fsp3) is 0.474. The van der Waals surface area contributed by atoms with Gasteiger partial charge in [0.1, 0.15) is 18.0 Å². The van der Waals surface area contributed by atoms with Crippen LogP contribution in [-0.4, -0.2) is 29.1 Å². The van der Waals surface area contributed by atoms with Crippen molar-refractivity contribution in [3.8, 4) is 0 Å². The third-order valence-electron chi connectivity index (χ3n) is 4.69. The minimum atomic E-state index is 0.610. The van der Waals surface area contributed by atoms with Crippen LogP contribution in [0.4, 0.5) is 17.3 Å². The van der Waals surface area contributed by atoms with Gasteiger partial charge in [0.15, 0.2) is 0 Å². The molecule has 4 nitrogen and oxygen atoms in total. The third-order valence-corrected chi connectivity index (χ3v) is 4.69. The summed E-state index contributed by atoms with van der Waals surface area (Å²) < 4.78 is 0. The van der Waals surface area contributed by atoms with Crippen molar-refractivity contribution in [2.45, 2.75) is 45.6 Å². The van der Waals surface area contributed by atoms with Crippen molar-refractivity contribution in [3.63, 3.8) is 0 Å². The van der Waals surface area contributed by atoms with E-state index in [2.05, 4.69) is 63.9 Å². The predicted molar refractivity (Wildman–Crippen MR) is 96.4 cm³/mol. The monoisotopic (exact) mass is 310 g/mol. The summed E-state index contributed by atoms with van der Waals surface area (Å²) in [6.45, 7) is 6.42. The fourth-order valence-corrected chi connectivity index (χ4v) is 3.45. The molecular weight excluding hydrogens is 284 g/mol. The van der Waals surface area contributed by atoms with Crippen LogP contribution in [0.2, 0.25) is 0 Å². The molecule has 3 rings (SSSR count). The van der Waals surface area contributed by atoms with Crippen molar-refractivity contribution in [1.29, 1.82) is 0 Å². The zero-order valence-corrected chi connectivity index (χ0v) is 14.2. The van der Waals surface area contributed by atoms with E-state index in [1.807, 2.05) is 6.07 Å². The highest BCUT2D eigenvalue weighted by atomic mass is 15.2. The Morgan fingerprint density at radius 1 is 1.13 bits per heavy atom. The molecule has 4 heteroatoms. The normalized spacial score (nSPS) is 18.0. The van der Waals surface area contributed by atoms with E-state index < -0.39 is 0 Å². The zero-order valence-electron chi connectivity index (χ0n) is 14.2. The van der Waals surface area contributed by atoms with Gasteiger partial charge in [0.2, 0.25) is 0 Å². The average Bonchev–Trinajstić information content (AvgIpc) is 2.63. The molecule has 1 unspecified atom stereocenters. The molecule has 0 bridgehead atoms. The van der Waals surface area contributed by atoms with E-state index >= 15 is 0 Å². The van der Waals surface area contributed by atoms with Gasteiger partial charge in [-0.1, -0.05) is 25.1 Å². The first-order valence-electron chi connectivity index (χ1n) is 8.74. The summed E-state index contributed by atoms with van der Waals surface area (Å²) in [7, 11) is 0. The first-order valence-corrected chi connectivity index (χ1v) is 8.74. The Morgan fingerprint density at radius 3 is 2.70 bits per heavy atom. The summed E-state index contributed by atoms with van der Waals surface area (Å²) in [5.74, 6) is 2.04. The lowest BCUT2D eigenvalue weighted by atomic mass is 10.00. The maximum Gasteiger partial charge on any atom is 0.138 e. The second-order valence-corrected chi connectivity index (χ2v) is 6.07. The Labute approximate surface area is 139 Å². The topological polar surface area (TPSA) is 32.3 Å². The van der Waals surface area contributed by atoms with Gasteiger partial charge in [-0.2, -0.15) is 0 Å². The molecule has 1 fully saturated rings. The Morgan fingerprint density at radius 2 is 1.96 bits per heavy atom. The second-order valence-electron chi connectivity index (χ2n) is 6.07. The Balaban J connectivity index is 1.89. The molecule has 0 radical (unpaired) electrons. The van der Waals surface area contributed by atoms with Gasteiger partial charge in [-0.25, -0.2) is 9.97 Å². The van der Waals surface area contributed by atoms with E-state index in [0.29, 0.717) is 6.04 Å². The molecule has 0 saturated carbocycles. The van der Waals surface area contributed by atoms with Gasteiger partial charge in [-0.05, 0) is 44.7 Å². The summed E-state index contributed by atoms with van der Waals surface area (Å²) in [6, 6.07) is 13.2. The number of benzene rings is 1. The molecule has 1 aliphatic heterocycles. The van der Waals surface area contributed by atoms with Crippen molar-refractivity contribution < 1.29 is 0 Å². The fourth-order valence-electron chi connectivity index (χ4n) is 3.45. The molecule has 0 spiro atoms. The predicted octanol–water partition coefficient (Wildman–Crippen LogP) is 4.40. The first kappa shape index (κ1) is 15.8. The van der Waals surface area contributed by atoms with Gasteiger partial charge < -0.3 is 9.80 Å². The summed E-state index contributed by atoms with van der Waals surface area (Å²) in [6.07, 6.45) is 6.74. The van der Waals surface area contributed by atoms with Crippen LogP contribution in [0.1, 0.15) is 39.5 Å². The number of rotatable bonds is 5. The molecule has 122 valence electrons. The molecule has 0 amide bonds. The van der Waals surface area contributed by atoms with Gasteiger partial charge in [0.25, 0.3) is 0 Å². The smallest absolute Gasteiger partial charge is 0.138 e. The maximum absolute atomic E-state index is 4.56. The van der Waals surface area contributed by atoms with Crippen LogP contribution >= 0.6 is 0 Å². The van der Waals surface area contributed by atoms with E-state index in [9.17, 15) is 0 Å². The molecule has 1 aliphatic rings. The van der Waals surface area contributed by atoms with Gasteiger partial charge >= 0.3 is 0 Å². The van der Waals surface area contributed by atoms with E-state index in [4.69, 9.17) is 0 Å². The lowest BCUT2D eigenvalue weighted by Crippen LogP contribution is -2.39. The SMILES string of the molecule is CCC1CCCCN1c1cc(N(CC)c2ccccc2)ncn1. The number of anilines is 3. The van der Waals surface area contributed by atoms with Crippen LogP contribution in [0.25, 0.3) is 0 Å². The molecular formula is C19H26N4. The minimum Gasteiger partial charge on any atom is -0.353 e. The van der Waals surface area contributed by atoms with Gasteiger partial charge in [0.05, 0.1) is 0 Å². The molecule has 1 atom stereocenters. The average molecular weight is 310 g/mol. The highest BCUT2D eigenvalue weighted by Crippen LogP contribution is 2.29. The summed E-state index contributed by atoms with van der Waals surface area (Å²) in [4.78, 5) is 13.8. The van der Waals surface area contributed by atoms with E-state index in [0.717, 1.165) is 24.7 Å². The van der Waals surface area contributed by atoms with Gasteiger partial charge in [-0.3, -0.25) is 0 Å². The molecule has 2 heterocycles. The number of hydrogen-bond acceptors (Lipinski definition) is 4. The summed E-state index contributed by atoms with van der Waals surface area (Å²) in [5.41, 5.74) is 1.17. The molecule has 1 aromatic heterocycles. The zero-order chi connectivity index (χ0) is 16.1. The van der Waals surface area contributed by atoms with Crippen LogP contribution in [0, 0.1) is 0 Å². The van der Waals surface area contributed by atoms with Crippen LogP contribution in [0.3, 0.4) is 0 Å². The second kappa shape index (κ2) is 7.44. The highest BCUT2D eigenvalue weighted by molar-refractivity contribution is 5.62. The Hall–Kier alpha value is -2.10. The van der Waals surface area contributed by atoms with Gasteiger partial charge in [-0.15, -0.1) is 0 Å². The Bertz CT molecular complexity index is 614. The van der Waals surface area contributed by atoms with E-state index in [-0.39, 0.29) is 0 Å². The molecule has 23 heavy (non-hydrogen) atoms. The van der Waals surface area contributed by atoms with Crippen molar-refractivity contribution in [3.05, 3.63) is 42.7 Å². The van der Waals surface area contributed by atoms with Gasteiger partial charge in [0, 0.05) is 30.9 Å². The standard InChI is InChI=1S/C19H26N4/c1-3-16-10-8-9-13-23(16)19-14-18(20-15-21-19)22(4-2)17-11-6-5-7-12-17/h5-7,11-12,14-16H,3-4,8-10,13H2,1-2H3. The molecule has 1 saturated heterocycles. The van der Waals surface area contributed by atoms with Crippen LogP contribution in [0.15, 0.2) is 42.7 Å². The summed E-state index contributed by atoms with van der Waals surface area (Å²) >= 11 is 0. The van der Waals surface area contributed by atoms with E-state index in [1.54, 1.807) is 6.33 Å². The van der Waals surface area contributed by atoms with Crippen molar-refractivity contribution >= 4 is 17.3 Å². The highest BCUT2D eigenvalue weighted by Gasteiger charge is 2.23. The number of hydrogen-bond donors (Lipinski definition) is 0. The largest absolute Gasteiger partial charge is 0.353 e. The van der Waals surface area contributed by atoms with Crippen LogP contribution in [-0.2, 0) is 0 Å². The minimum absolute atomic E-state index is 0.610. The number of aromatic nitrogens is 2. The molecule has 0 aliphatic carbocycles. The molecule has 1 aromatic carbocycles. The van der Waals surface area contributed by atoms with Crippen molar-refractivity contribution in [2.24, 2.45) is 0 Å². The first-order chi connectivity index (χ1) is 11.3. The van der Waals surface area contributed by atoms with Crippen molar-refractivity contribution in [2.75, 3.05) is 22.9 Å². The van der Waals surface area contributed by atoms with Crippen LogP contribution < -0.4 is 9.80 Å². The van der Waals surface area contributed by atoms with Crippen molar-refractivity contribution in [1.82, 2.24) is 9.97 Å². The lowest BCUT2D eigenvalue weighted by molar-refractivity contribution is 0.446. The number of nitrogens with zero attached hydrogens (tertiary/aromatic N) is 4. The summed E-state index contributed by atoms with van der Waals surface area (Å²) in [5, 5.41) is 0. The number of piperidine rings is 1. The third kappa shape index (κ3) is 3.46. The van der Waals surface area contributed by atoms with Crippen LogP contribution in [0.5, 0.6) is 0 Å². The number of para-hydroxylation sites is 1. The molecule has 2 aromatic rings. The Kier molecular flexibility index (Phi) is 5.11. The maximum atomic E-state index is 4.56. The van der Waals surface area contributed by atoms with E-state index in [1.165, 1.54) is 31.4 Å². The molecule has 0 N–H and O–H groups in total. The quantitative estimate of drug-likeness (QED) is 0.819. The lowest BCUT2D eigenvalue weighted by Gasteiger charge is -2.36.